The second-order valence-corrected chi connectivity index (χ2v) is 4.40. The summed E-state index contributed by atoms with van der Waals surface area (Å²) in [5.74, 6) is 0.993. The lowest BCUT2D eigenvalue weighted by atomic mass is 10.2. The van der Waals surface area contributed by atoms with E-state index in [1.807, 2.05) is 18.7 Å². The maximum Gasteiger partial charge on any atom is 0.259 e. The molecule has 0 bridgehead atoms. The fourth-order valence-electron chi connectivity index (χ4n) is 1.84. The summed E-state index contributed by atoms with van der Waals surface area (Å²) >= 11 is 0. The molecule has 1 aliphatic rings. The van der Waals surface area contributed by atoms with Crippen molar-refractivity contribution >= 4 is 11.7 Å². The molecule has 2 rings (SSSR count). The molecule has 0 radical (unpaired) electrons. The first-order valence-corrected chi connectivity index (χ1v) is 5.73. The Labute approximate surface area is 95.0 Å². The summed E-state index contributed by atoms with van der Waals surface area (Å²) in [6, 6.07) is 0. The Balaban J connectivity index is 2.15. The number of nitrogens with one attached hydrogen (secondary N) is 1. The molecule has 5 nitrogen and oxygen atoms in total. The molecule has 1 saturated carbocycles. The van der Waals surface area contributed by atoms with Crippen molar-refractivity contribution in [2.75, 3.05) is 18.8 Å². The third kappa shape index (κ3) is 2.03. The molecule has 0 unspecified atom stereocenters. The van der Waals surface area contributed by atoms with Gasteiger partial charge in [0, 0.05) is 18.8 Å². The Kier molecular flexibility index (Phi) is 2.85. The number of anilines is 1. The van der Waals surface area contributed by atoms with Gasteiger partial charge >= 0.3 is 0 Å². The first-order valence-electron chi connectivity index (χ1n) is 5.73. The summed E-state index contributed by atoms with van der Waals surface area (Å²) in [6.45, 7) is 5.38. The van der Waals surface area contributed by atoms with Gasteiger partial charge < -0.3 is 10.6 Å². The van der Waals surface area contributed by atoms with Gasteiger partial charge in [-0.3, -0.25) is 9.89 Å². The van der Waals surface area contributed by atoms with Crippen LogP contribution in [0.1, 0.15) is 35.8 Å². The summed E-state index contributed by atoms with van der Waals surface area (Å²) in [4.78, 5) is 14.1. The van der Waals surface area contributed by atoms with Crippen LogP contribution in [-0.2, 0) is 0 Å². The Morgan fingerprint density at radius 1 is 1.62 bits per heavy atom. The van der Waals surface area contributed by atoms with E-state index in [0.29, 0.717) is 17.3 Å². The maximum absolute atomic E-state index is 12.2. The Hall–Kier alpha value is -1.52. The van der Waals surface area contributed by atoms with Gasteiger partial charge in [0.1, 0.15) is 5.56 Å². The van der Waals surface area contributed by atoms with E-state index in [9.17, 15) is 4.79 Å². The highest BCUT2D eigenvalue weighted by Crippen LogP contribution is 2.30. The van der Waals surface area contributed by atoms with Gasteiger partial charge in [0.15, 0.2) is 5.82 Å². The van der Waals surface area contributed by atoms with Crippen molar-refractivity contribution in [3.63, 3.8) is 0 Å². The number of rotatable bonds is 4. The lowest BCUT2D eigenvalue weighted by molar-refractivity contribution is 0.0757. The zero-order chi connectivity index (χ0) is 11.7. The van der Waals surface area contributed by atoms with Crippen molar-refractivity contribution in [3.8, 4) is 0 Å². The summed E-state index contributed by atoms with van der Waals surface area (Å²) in [7, 11) is 0. The molecule has 1 aromatic heterocycles. The molecule has 1 aromatic rings. The van der Waals surface area contributed by atoms with Crippen LogP contribution in [0.2, 0.25) is 0 Å². The third-order valence-electron chi connectivity index (χ3n) is 3.03. The molecule has 0 saturated heterocycles. The third-order valence-corrected chi connectivity index (χ3v) is 3.03. The maximum atomic E-state index is 12.2. The van der Waals surface area contributed by atoms with Gasteiger partial charge in [0.2, 0.25) is 0 Å². The highest BCUT2D eigenvalue weighted by molar-refractivity contribution is 5.99. The largest absolute Gasteiger partial charge is 0.382 e. The number of nitrogen functional groups attached to an aromatic ring is 1. The van der Waals surface area contributed by atoms with Crippen LogP contribution >= 0.6 is 0 Å². The smallest absolute Gasteiger partial charge is 0.259 e. The van der Waals surface area contributed by atoms with E-state index in [4.69, 9.17) is 5.73 Å². The minimum atomic E-state index is -0.00171. The molecular weight excluding hydrogens is 204 g/mol. The molecule has 0 aliphatic heterocycles. The average molecular weight is 222 g/mol. The van der Waals surface area contributed by atoms with E-state index in [1.54, 1.807) is 0 Å². The van der Waals surface area contributed by atoms with Gasteiger partial charge in [-0.1, -0.05) is 0 Å². The van der Waals surface area contributed by atoms with E-state index >= 15 is 0 Å². The number of nitrogens with zero attached hydrogens (tertiary/aromatic N) is 2. The fraction of sp³-hybridized carbons (Fsp3) is 0.636. The topological polar surface area (TPSA) is 75.0 Å². The van der Waals surface area contributed by atoms with Gasteiger partial charge in [0.25, 0.3) is 5.91 Å². The standard InChI is InChI=1S/C11H18N4O/c1-3-15(6-8-4-5-8)11(16)9-7(2)13-14-10(9)12/h8H,3-6H2,1-2H3,(H3,12,13,14). The zero-order valence-corrected chi connectivity index (χ0v) is 9.79. The van der Waals surface area contributed by atoms with Crippen LogP contribution in [0, 0.1) is 12.8 Å². The van der Waals surface area contributed by atoms with Gasteiger partial charge in [-0.05, 0) is 32.6 Å². The van der Waals surface area contributed by atoms with Gasteiger partial charge in [-0.25, -0.2) is 0 Å². The highest BCUT2D eigenvalue weighted by atomic mass is 16.2. The van der Waals surface area contributed by atoms with Crippen LogP contribution in [0.4, 0.5) is 5.82 Å². The minimum absolute atomic E-state index is 0.00171. The van der Waals surface area contributed by atoms with E-state index in [2.05, 4.69) is 10.2 Å². The second kappa shape index (κ2) is 4.15. The zero-order valence-electron chi connectivity index (χ0n) is 9.79. The van der Waals surface area contributed by atoms with Crippen LogP contribution in [-0.4, -0.2) is 34.1 Å². The molecule has 1 heterocycles. The number of amides is 1. The molecule has 3 N–H and O–H groups in total. The predicted molar refractivity (Wildman–Crippen MR) is 62.0 cm³/mol. The predicted octanol–water partition coefficient (Wildman–Crippen LogP) is 1.17. The lowest BCUT2D eigenvalue weighted by Gasteiger charge is -2.20. The summed E-state index contributed by atoms with van der Waals surface area (Å²) in [5, 5.41) is 6.60. The number of aromatic amines is 1. The first kappa shape index (κ1) is 11.0. The first-order chi connectivity index (χ1) is 7.63. The van der Waals surface area contributed by atoms with Crippen molar-refractivity contribution in [1.82, 2.24) is 15.1 Å². The Morgan fingerprint density at radius 3 is 2.75 bits per heavy atom. The quantitative estimate of drug-likeness (QED) is 0.803. The normalized spacial score (nSPS) is 15.1. The Bertz CT molecular complexity index is 375. The van der Waals surface area contributed by atoms with Crippen molar-refractivity contribution < 1.29 is 4.79 Å². The Morgan fingerprint density at radius 2 is 2.31 bits per heavy atom. The lowest BCUT2D eigenvalue weighted by Crippen LogP contribution is -2.33. The molecule has 0 atom stereocenters. The molecule has 1 fully saturated rings. The minimum Gasteiger partial charge on any atom is -0.382 e. The second-order valence-electron chi connectivity index (χ2n) is 4.40. The average Bonchev–Trinajstić information content (AvgIpc) is 3.01. The van der Waals surface area contributed by atoms with Crippen LogP contribution in [0.3, 0.4) is 0 Å². The molecule has 88 valence electrons. The van der Waals surface area contributed by atoms with Crippen molar-refractivity contribution in [1.29, 1.82) is 0 Å². The molecular formula is C11H18N4O. The molecule has 5 heteroatoms. The van der Waals surface area contributed by atoms with E-state index in [1.165, 1.54) is 12.8 Å². The number of carbonyl (C=O) groups excluding carboxylic acids is 1. The number of nitrogens with two attached hydrogens (primary N) is 1. The fourth-order valence-corrected chi connectivity index (χ4v) is 1.84. The van der Waals surface area contributed by atoms with E-state index < -0.39 is 0 Å². The van der Waals surface area contributed by atoms with E-state index in [0.717, 1.165) is 18.8 Å². The molecule has 1 aliphatic carbocycles. The van der Waals surface area contributed by atoms with Gasteiger partial charge in [-0.15, -0.1) is 0 Å². The van der Waals surface area contributed by atoms with E-state index in [-0.39, 0.29) is 5.91 Å². The van der Waals surface area contributed by atoms with Crippen LogP contribution in [0.5, 0.6) is 0 Å². The highest BCUT2D eigenvalue weighted by Gasteiger charge is 2.28. The van der Waals surface area contributed by atoms with Crippen LogP contribution in [0.15, 0.2) is 0 Å². The number of carbonyl (C=O) groups is 1. The summed E-state index contributed by atoms with van der Waals surface area (Å²) < 4.78 is 0. The molecule has 0 spiro atoms. The van der Waals surface area contributed by atoms with Crippen molar-refractivity contribution in [2.45, 2.75) is 26.7 Å². The van der Waals surface area contributed by atoms with Gasteiger partial charge in [-0.2, -0.15) is 5.10 Å². The van der Waals surface area contributed by atoms with Crippen LogP contribution in [0.25, 0.3) is 0 Å². The summed E-state index contributed by atoms with van der Waals surface area (Å²) in [6.07, 6.45) is 2.48. The molecule has 0 aromatic carbocycles. The molecule has 16 heavy (non-hydrogen) atoms. The number of hydrogen-bond donors (Lipinski definition) is 2. The molecule has 1 amide bonds. The van der Waals surface area contributed by atoms with Gasteiger partial charge in [0.05, 0.1) is 0 Å². The van der Waals surface area contributed by atoms with Crippen LogP contribution < -0.4 is 5.73 Å². The number of hydrogen-bond acceptors (Lipinski definition) is 3. The number of aromatic nitrogens is 2. The van der Waals surface area contributed by atoms with Crippen molar-refractivity contribution in [2.24, 2.45) is 5.92 Å². The number of aryl methyl sites for hydroxylation is 1. The number of H-pyrrole nitrogens is 1. The SMILES string of the molecule is CCN(CC1CC1)C(=O)c1c(N)n[nH]c1C. The summed E-state index contributed by atoms with van der Waals surface area (Å²) in [5.41, 5.74) is 6.97. The van der Waals surface area contributed by atoms with Crippen molar-refractivity contribution in [3.05, 3.63) is 11.3 Å². The monoisotopic (exact) mass is 222 g/mol.